The number of hydrogen-bond donors (Lipinski definition) is 2. The largest absolute Gasteiger partial charge is 0.381 e. The average molecular weight is 415 g/mol. The highest BCUT2D eigenvalue weighted by atomic mass is 35.5. The molecule has 8 heteroatoms. The van der Waals surface area contributed by atoms with Gasteiger partial charge in [0.2, 0.25) is 5.95 Å². The maximum Gasteiger partial charge on any atom is 0.224 e. The van der Waals surface area contributed by atoms with Gasteiger partial charge in [-0.05, 0) is 37.5 Å². The van der Waals surface area contributed by atoms with Crippen molar-refractivity contribution in [2.45, 2.75) is 31.8 Å². The van der Waals surface area contributed by atoms with Gasteiger partial charge in [-0.15, -0.1) is 0 Å². The Hall–Kier alpha value is -2.35. The van der Waals surface area contributed by atoms with Crippen LogP contribution >= 0.6 is 11.6 Å². The van der Waals surface area contributed by atoms with E-state index in [4.69, 9.17) is 27.1 Å². The molecule has 1 saturated heterocycles. The first kappa shape index (κ1) is 19.9. The molecule has 4 rings (SSSR count). The van der Waals surface area contributed by atoms with Gasteiger partial charge in [0.15, 0.2) is 0 Å². The predicted molar refractivity (Wildman–Crippen MR) is 116 cm³/mol. The summed E-state index contributed by atoms with van der Waals surface area (Å²) in [5.41, 5.74) is 8.23. The van der Waals surface area contributed by atoms with Crippen molar-refractivity contribution in [3.05, 3.63) is 59.0 Å². The molecule has 3 N–H and O–H groups in total. The summed E-state index contributed by atoms with van der Waals surface area (Å²) in [5.74, 6) is 1.56. The van der Waals surface area contributed by atoms with Crippen LogP contribution in [0.4, 0.5) is 11.8 Å². The number of rotatable bonds is 6. The molecular weight excluding hydrogens is 388 g/mol. The summed E-state index contributed by atoms with van der Waals surface area (Å²) in [5, 5.41) is 4.17. The molecule has 29 heavy (non-hydrogen) atoms. The van der Waals surface area contributed by atoms with Crippen LogP contribution in [0.15, 0.2) is 42.9 Å². The number of ether oxygens (including phenoxy) is 1. The van der Waals surface area contributed by atoms with Gasteiger partial charge < -0.3 is 25.6 Å². The SMILES string of the molecule is Cc1cnc(NC2CCOCC2)nc1N1C=CN(C(CN)c2cccc(Cl)c2)C1. The van der Waals surface area contributed by atoms with Gasteiger partial charge in [0, 0.05) is 55.0 Å². The molecule has 1 aromatic heterocycles. The number of hydrogen-bond acceptors (Lipinski definition) is 7. The molecule has 7 nitrogen and oxygen atoms in total. The van der Waals surface area contributed by atoms with E-state index in [1.807, 2.05) is 37.5 Å². The zero-order valence-corrected chi connectivity index (χ0v) is 17.3. The third-order valence-electron chi connectivity index (χ3n) is 5.38. The van der Waals surface area contributed by atoms with Crippen LogP contribution in [0.3, 0.4) is 0 Å². The standard InChI is InChI=1S/C21H27ClN6O/c1-15-13-24-21(25-18-5-9-29-10-6-18)26-20(15)28-8-7-27(14-28)19(12-23)16-3-2-4-17(22)11-16/h2-4,7-8,11,13,18-19H,5-6,9-10,12,14,23H2,1H3,(H,24,25,26). The van der Waals surface area contributed by atoms with Gasteiger partial charge in [0.1, 0.15) is 5.82 Å². The fourth-order valence-corrected chi connectivity index (χ4v) is 3.97. The predicted octanol–water partition coefficient (Wildman–Crippen LogP) is 3.28. The number of anilines is 2. The van der Waals surface area contributed by atoms with E-state index in [0.717, 1.165) is 48.0 Å². The maximum atomic E-state index is 6.18. The number of benzene rings is 1. The molecule has 2 aliphatic rings. The molecule has 154 valence electrons. The number of nitrogens with zero attached hydrogens (tertiary/aromatic N) is 4. The van der Waals surface area contributed by atoms with Gasteiger partial charge in [-0.1, -0.05) is 23.7 Å². The minimum absolute atomic E-state index is 0.0527. The van der Waals surface area contributed by atoms with E-state index in [2.05, 4.69) is 32.4 Å². The van der Waals surface area contributed by atoms with Gasteiger partial charge in [0.05, 0.1) is 12.7 Å². The highest BCUT2D eigenvalue weighted by Gasteiger charge is 2.24. The van der Waals surface area contributed by atoms with Crippen LogP contribution in [-0.2, 0) is 4.74 Å². The molecule has 2 aliphatic heterocycles. The lowest BCUT2D eigenvalue weighted by Gasteiger charge is -2.29. The molecule has 1 atom stereocenters. The first-order chi connectivity index (χ1) is 14.1. The summed E-state index contributed by atoms with van der Waals surface area (Å²) in [6.07, 6.45) is 7.92. The summed E-state index contributed by atoms with van der Waals surface area (Å²) in [4.78, 5) is 13.6. The number of nitrogens with two attached hydrogens (primary N) is 1. The molecule has 1 aromatic carbocycles. The monoisotopic (exact) mass is 414 g/mol. The topological polar surface area (TPSA) is 79.5 Å². The Morgan fingerprint density at radius 2 is 2.14 bits per heavy atom. The Morgan fingerprint density at radius 3 is 2.90 bits per heavy atom. The van der Waals surface area contributed by atoms with Crippen LogP contribution in [-0.4, -0.2) is 47.3 Å². The van der Waals surface area contributed by atoms with Gasteiger partial charge in [-0.2, -0.15) is 4.98 Å². The molecule has 0 radical (unpaired) electrons. The lowest BCUT2D eigenvalue weighted by Crippen LogP contribution is -2.33. The van der Waals surface area contributed by atoms with E-state index in [1.165, 1.54) is 0 Å². The van der Waals surface area contributed by atoms with Gasteiger partial charge >= 0.3 is 0 Å². The third kappa shape index (κ3) is 4.63. The minimum atomic E-state index is 0.0527. The van der Waals surface area contributed by atoms with Crippen LogP contribution in [0.2, 0.25) is 5.02 Å². The van der Waals surface area contributed by atoms with Crippen molar-refractivity contribution < 1.29 is 4.74 Å². The molecule has 0 aliphatic carbocycles. The Kier molecular flexibility index (Phi) is 6.18. The third-order valence-corrected chi connectivity index (χ3v) is 5.62. The van der Waals surface area contributed by atoms with Crippen molar-refractivity contribution in [2.75, 3.05) is 36.6 Å². The normalized spacial score (nSPS) is 18.3. The van der Waals surface area contributed by atoms with Gasteiger partial charge in [-0.25, -0.2) is 4.98 Å². The van der Waals surface area contributed by atoms with E-state index < -0.39 is 0 Å². The number of aryl methyl sites for hydroxylation is 1. The molecule has 0 amide bonds. The van der Waals surface area contributed by atoms with Crippen LogP contribution < -0.4 is 16.0 Å². The second-order valence-corrected chi connectivity index (χ2v) is 7.90. The highest BCUT2D eigenvalue weighted by molar-refractivity contribution is 6.30. The Bertz CT molecular complexity index is 870. The molecular formula is C21H27ClN6O. The zero-order chi connectivity index (χ0) is 20.2. The summed E-state index contributed by atoms with van der Waals surface area (Å²) in [7, 11) is 0. The lowest BCUT2D eigenvalue weighted by atomic mass is 10.1. The van der Waals surface area contributed by atoms with Crippen molar-refractivity contribution in [1.29, 1.82) is 0 Å². The summed E-state index contributed by atoms with van der Waals surface area (Å²) >= 11 is 6.18. The van der Waals surface area contributed by atoms with E-state index >= 15 is 0 Å². The second-order valence-electron chi connectivity index (χ2n) is 7.46. The van der Waals surface area contributed by atoms with Crippen LogP contribution in [0, 0.1) is 6.92 Å². The molecule has 2 aromatic rings. The van der Waals surface area contributed by atoms with E-state index in [1.54, 1.807) is 0 Å². The second kappa shape index (κ2) is 8.98. The van der Waals surface area contributed by atoms with E-state index in [9.17, 15) is 0 Å². The number of nitrogens with one attached hydrogen (secondary N) is 1. The Morgan fingerprint density at radius 1 is 1.31 bits per heavy atom. The first-order valence-corrected chi connectivity index (χ1v) is 10.4. The number of halogens is 1. The van der Waals surface area contributed by atoms with Gasteiger partial charge in [-0.3, -0.25) is 0 Å². The van der Waals surface area contributed by atoms with Crippen molar-refractivity contribution in [1.82, 2.24) is 14.9 Å². The molecule has 3 heterocycles. The van der Waals surface area contributed by atoms with E-state index in [0.29, 0.717) is 25.2 Å². The Labute approximate surface area is 176 Å². The van der Waals surface area contributed by atoms with Gasteiger partial charge in [0.25, 0.3) is 0 Å². The van der Waals surface area contributed by atoms with Crippen LogP contribution in [0.5, 0.6) is 0 Å². The van der Waals surface area contributed by atoms with Crippen LogP contribution in [0.25, 0.3) is 0 Å². The minimum Gasteiger partial charge on any atom is -0.381 e. The summed E-state index contributed by atoms with van der Waals surface area (Å²) in [6.45, 7) is 4.76. The first-order valence-electron chi connectivity index (χ1n) is 9.98. The fourth-order valence-electron chi connectivity index (χ4n) is 3.77. The molecule has 1 fully saturated rings. The number of aromatic nitrogens is 2. The molecule has 0 spiro atoms. The molecule has 0 bridgehead atoms. The highest BCUT2D eigenvalue weighted by Crippen LogP contribution is 2.29. The fraction of sp³-hybridized carbons (Fsp3) is 0.429. The summed E-state index contributed by atoms with van der Waals surface area (Å²) in [6, 6.07) is 8.28. The summed E-state index contributed by atoms with van der Waals surface area (Å²) < 4.78 is 5.43. The van der Waals surface area contributed by atoms with E-state index in [-0.39, 0.29) is 6.04 Å². The van der Waals surface area contributed by atoms with Crippen molar-refractivity contribution in [3.63, 3.8) is 0 Å². The lowest BCUT2D eigenvalue weighted by molar-refractivity contribution is 0.0903. The maximum absolute atomic E-state index is 6.18. The molecule has 0 saturated carbocycles. The Balaban J connectivity index is 1.48. The smallest absolute Gasteiger partial charge is 0.224 e. The zero-order valence-electron chi connectivity index (χ0n) is 16.6. The van der Waals surface area contributed by atoms with Crippen molar-refractivity contribution in [2.24, 2.45) is 5.73 Å². The van der Waals surface area contributed by atoms with Crippen molar-refractivity contribution >= 4 is 23.4 Å². The van der Waals surface area contributed by atoms with Crippen molar-refractivity contribution in [3.8, 4) is 0 Å². The quantitative estimate of drug-likeness (QED) is 0.750. The molecule has 1 unspecified atom stereocenters. The average Bonchev–Trinajstić information content (AvgIpc) is 3.20. The van der Waals surface area contributed by atoms with Crippen LogP contribution in [0.1, 0.15) is 30.0 Å².